The number of carbonyl (C=O) groups excluding carboxylic acids is 1. The molecule has 0 radical (unpaired) electrons. The average molecular weight is 314 g/mol. The number of esters is 1. The van der Waals surface area contributed by atoms with E-state index in [1.165, 1.54) is 0 Å². The Morgan fingerprint density at radius 2 is 2.33 bits per heavy atom. The second-order valence-electron chi connectivity index (χ2n) is 4.07. The lowest BCUT2D eigenvalue weighted by atomic mass is 9.94. The molecule has 1 atom stereocenters. The first kappa shape index (κ1) is 13.4. The lowest BCUT2D eigenvalue weighted by Gasteiger charge is -2.26. The fraction of sp³-hybridized carbons (Fsp3) is 0.462. The summed E-state index contributed by atoms with van der Waals surface area (Å²) < 4.78 is 11.2. The molecule has 1 aliphatic rings. The van der Waals surface area contributed by atoms with E-state index in [-0.39, 0.29) is 12.0 Å². The Balaban J connectivity index is 2.37. The Labute approximate surface area is 115 Å². The van der Waals surface area contributed by atoms with E-state index in [1.807, 2.05) is 19.1 Å². The van der Waals surface area contributed by atoms with Gasteiger partial charge in [-0.3, -0.25) is 0 Å². The van der Waals surface area contributed by atoms with Crippen LogP contribution in [0.3, 0.4) is 0 Å². The molecule has 1 N–H and O–H groups in total. The van der Waals surface area contributed by atoms with Gasteiger partial charge in [-0.1, -0.05) is 0 Å². The molecule has 4 nitrogen and oxygen atoms in total. The minimum atomic E-state index is -0.379. The number of rotatable bonds is 3. The van der Waals surface area contributed by atoms with Crippen LogP contribution in [-0.4, -0.2) is 26.2 Å². The normalized spacial score (nSPS) is 18.1. The molecule has 0 saturated carbocycles. The minimum absolute atomic E-state index is 0.226. The molecule has 0 spiro atoms. The van der Waals surface area contributed by atoms with Crippen LogP contribution in [0.5, 0.6) is 5.75 Å². The molecule has 0 aromatic heterocycles. The molecule has 98 valence electrons. The molecule has 1 unspecified atom stereocenters. The van der Waals surface area contributed by atoms with Gasteiger partial charge < -0.3 is 14.8 Å². The molecule has 1 aliphatic heterocycles. The van der Waals surface area contributed by atoms with Gasteiger partial charge in [-0.15, -0.1) is 0 Å². The van der Waals surface area contributed by atoms with E-state index in [0.29, 0.717) is 6.61 Å². The molecule has 1 aromatic carbocycles. The van der Waals surface area contributed by atoms with Crippen molar-refractivity contribution in [3.8, 4) is 5.75 Å². The highest BCUT2D eigenvalue weighted by molar-refractivity contribution is 9.10. The Hall–Kier alpha value is -1.07. The molecule has 0 fully saturated rings. The quantitative estimate of drug-likeness (QED) is 0.869. The van der Waals surface area contributed by atoms with Gasteiger partial charge in [-0.25, -0.2) is 4.79 Å². The van der Waals surface area contributed by atoms with Crippen LogP contribution < -0.4 is 10.1 Å². The van der Waals surface area contributed by atoms with Gasteiger partial charge in [0.15, 0.2) is 0 Å². The molecule has 1 heterocycles. The van der Waals surface area contributed by atoms with Gasteiger partial charge >= 0.3 is 5.97 Å². The van der Waals surface area contributed by atoms with Crippen LogP contribution in [0.25, 0.3) is 0 Å². The van der Waals surface area contributed by atoms with Crippen LogP contribution in [0.15, 0.2) is 16.6 Å². The van der Waals surface area contributed by atoms with E-state index in [0.717, 1.165) is 34.3 Å². The number of methoxy groups -OCH3 is 1. The van der Waals surface area contributed by atoms with Crippen molar-refractivity contribution < 1.29 is 14.3 Å². The second-order valence-corrected chi connectivity index (χ2v) is 4.93. The van der Waals surface area contributed by atoms with Crippen LogP contribution in [0.4, 0.5) is 0 Å². The SMILES string of the molecule is CCOC(=O)C1NCCc2cc(OC)c(Br)cc21. The first-order chi connectivity index (χ1) is 8.67. The number of fused-ring (bicyclic) bond motifs is 1. The van der Waals surface area contributed by atoms with Crippen LogP contribution in [-0.2, 0) is 16.0 Å². The van der Waals surface area contributed by atoms with E-state index in [1.54, 1.807) is 7.11 Å². The average Bonchev–Trinajstić information content (AvgIpc) is 2.37. The highest BCUT2D eigenvalue weighted by Crippen LogP contribution is 2.33. The molecule has 18 heavy (non-hydrogen) atoms. The van der Waals surface area contributed by atoms with Crippen molar-refractivity contribution in [2.45, 2.75) is 19.4 Å². The van der Waals surface area contributed by atoms with Gasteiger partial charge in [-0.2, -0.15) is 0 Å². The maximum atomic E-state index is 11.9. The molecule has 0 amide bonds. The predicted molar refractivity (Wildman–Crippen MR) is 71.8 cm³/mol. The van der Waals surface area contributed by atoms with Gasteiger partial charge in [0.2, 0.25) is 0 Å². The third kappa shape index (κ3) is 2.52. The van der Waals surface area contributed by atoms with E-state index in [9.17, 15) is 4.79 Å². The van der Waals surface area contributed by atoms with Crippen LogP contribution in [0, 0.1) is 0 Å². The van der Waals surface area contributed by atoms with E-state index in [4.69, 9.17) is 9.47 Å². The molecule has 2 rings (SSSR count). The summed E-state index contributed by atoms with van der Waals surface area (Å²) in [4.78, 5) is 11.9. The molecular formula is C13H16BrNO3. The molecule has 0 saturated heterocycles. The van der Waals surface area contributed by atoms with Crippen LogP contribution in [0.1, 0.15) is 24.1 Å². The summed E-state index contributed by atoms with van der Waals surface area (Å²) in [5.41, 5.74) is 2.10. The van der Waals surface area contributed by atoms with E-state index >= 15 is 0 Å². The fourth-order valence-electron chi connectivity index (χ4n) is 2.15. The second kappa shape index (κ2) is 5.71. The Kier molecular flexibility index (Phi) is 4.24. The largest absolute Gasteiger partial charge is 0.496 e. The number of hydrogen-bond acceptors (Lipinski definition) is 4. The van der Waals surface area contributed by atoms with Crippen molar-refractivity contribution in [3.63, 3.8) is 0 Å². The van der Waals surface area contributed by atoms with Gasteiger partial charge in [0.1, 0.15) is 11.8 Å². The molecular weight excluding hydrogens is 298 g/mol. The highest BCUT2D eigenvalue weighted by Gasteiger charge is 2.28. The number of ether oxygens (including phenoxy) is 2. The summed E-state index contributed by atoms with van der Waals surface area (Å²) in [5, 5.41) is 3.19. The van der Waals surface area contributed by atoms with Gasteiger partial charge in [0.05, 0.1) is 18.2 Å². The monoisotopic (exact) mass is 313 g/mol. The molecule has 5 heteroatoms. The van der Waals surface area contributed by atoms with Crippen molar-refractivity contribution in [2.75, 3.05) is 20.3 Å². The van der Waals surface area contributed by atoms with Gasteiger partial charge in [0.25, 0.3) is 0 Å². The number of carbonyl (C=O) groups is 1. The maximum absolute atomic E-state index is 11.9. The van der Waals surface area contributed by atoms with Crippen molar-refractivity contribution in [3.05, 3.63) is 27.7 Å². The minimum Gasteiger partial charge on any atom is -0.496 e. The summed E-state index contributed by atoms with van der Waals surface area (Å²) >= 11 is 3.45. The number of halogens is 1. The lowest BCUT2D eigenvalue weighted by Crippen LogP contribution is -2.36. The Morgan fingerprint density at radius 3 is 3.00 bits per heavy atom. The molecule has 0 bridgehead atoms. The summed E-state index contributed by atoms with van der Waals surface area (Å²) in [5.74, 6) is 0.564. The first-order valence-corrected chi connectivity index (χ1v) is 6.73. The third-order valence-corrected chi connectivity index (χ3v) is 3.61. The van der Waals surface area contributed by atoms with E-state index in [2.05, 4.69) is 21.2 Å². The zero-order valence-corrected chi connectivity index (χ0v) is 12.0. The summed E-state index contributed by atoms with van der Waals surface area (Å²) in [6.07, 6.45) is 0.884. The zero-order chi connectivity index (χ0) is 13.1. The highest BCUT2D eigenvalue weighted by atomic mass is 79.9. The van der Waals surface area contributed by atoms with Crippen molar-refractivity contribution in [2.24, 2.45) is 0 Å². The lowest BCUT2D eigenvalue weighted by molar-refractivity contribution is -0.146. The number of nitrogens with one attached hydrogen (secondary N) is 1. The number of hydrogen-bond donors (Lipinski definition) is 1. The van der Waals surface area contributed by atoms with Crippen molar-refractivity contribution in [1.82, 2.24) is 5.32 Å². The van der Waals surface area contributed by atoms with E-state index < -0.39 is 0 Å². The van der Waals surface area contributed by atoms with Crippen LogP contribution >= 0.6 is 15.9 Å². The summed E-state index contributed by atoms with van der Waals surface area (Å²) in [6, 6.07) is 3.53. The Bertz CT molecular complexity index is 462. The fourth-order valence-corrected chi connectivity index (χ4v) is 2.67. The maximum Gasteiger partial charge on any atom is 0.327 e. The van der Waals surface area contributed by atoms with Crippen molar-refractivity contribution >= 4 is 21.9 Å². The van der Waals surface area contributed by atoms with Gasteiger partial charge in [-0.05, 0) is 52.5 Å². The van der Waals surface area contributed by atoms with Gasteiger partial charge in [0, 0.05) is 6.54 Å². The summed E-state index contributed by atoms with van der Waals surface area (Å²) in [6.45, 7) is 2.97. The molecule has 0 aliphatic carbocycles. The van der Waals surface area contributed by atoms with Crippen molar-refractivity contribution in [1.29, 1.82) is 0 Å². The summed E-state index contributed by atoms with van der Waals surface area (Å²) in [7, 11) is 1.64. The number of benzene rings is 1. The standard InChI is InChI=1S/C13H16BrNO3/c1-3-18-13(16)12-9-7-10(14)11(17-2)6-8(9)4-5-15-12/h6-7,12,15H,3-5H2,1-2H3. The topological polar surface area (TPSA) is 47.6 Å². The Morgan fingerprint density at radius 1 is 1.56 bits per heavy atom. The third-order valence-electron chi connectivity index (χ3n) is 2.99. The smallest absolute Gasteiger partial charge is 0.327 e. The van der Waals surface area contributed by atoms with Crippen LogP contribution in [0.2, 0.25) is 0 Å². The zero-order valence-electron chi connectivity index (χ0n) is 10.5. The molecule has 1 aromatic rings. The predicted octanol–water partition coefficient (Wildman–Crippen LogP) is 2.21. The first-order valence-electron chi connectivity index (χ1n) is 5.93.